The fourth-order valence-electron chi connectivity index (χ4n) is 5.09. The number of amides is 1. The number of benzene rings is 2. The highest BCUT2D eigenvalue weighted by molar-refractivity contribution is 5.79. The molecule has 2 aliphatic heterocycles. The summed E-state index contributed by atoms with van der Waals surface area (Å²) in [6.45, 7) is 9.36. The lowest BCUT2D eigenvalue weighted by Crippen LogP contribution is -2.37. The zero-order valence-electron chi connectivity index (χ0n) is 20.8. The molecule has 4 rings (SSSR count). The van der Waals surface area contributed by atoms with E-state index in [4.69, 9.17) is 0 Å². The molecule has 5 nitrogen and oxygen atoms in total. The number of aliphatic carboxylic acids is 1. The van der Waals surface area contributed by atoms with Crippen molar-refractivity contribution in [3.63, 3.8) is 0 Å². The van der Waals surface area contributed by atoms with Crippen molar-refractivity contribution in [3.05, 3.63) is 59.2 Å². The minimum absolute atomic E-state index is 0.0444. The van der Waals surface area contributed by atoms with Gasteiger partial charge in [0.15, 0.2) is 0 Å². The van der Waals surface area contributed by atoms with Gasteiger partial charge in [0.05, 0.1) is 5.41 Å². The molecule has 0 bridgehead atoms. The van der Waals surface area contributed by atoms with Crippen LogP contribution in [0.4, 0.5) is 0 Å². The van der Waals surface area contributed by atoms with Gasteiger partial charge < -0.3 is 14.9 Å². The molecule has 2 aromatic rings. The number of nitrogens with zero attached hydrogens (tertiary/aromatic N) is 2. The van der Waals surface area contributed by atoms with Crippen molar-refractivity contribution >= 4 is 11.9 Å². The van der Waals surface area contributed by atoms with Crippen molar-refractivity contribution in [1.29, 1.82) is 0 Å². The van der Waals surface area contributed by atoms with Crippen LogP contribution in [0, 0.1) is 5.41 Å². The van der Waals surface area contributed by atoms with Gasteiger partial charge in [-0.1, -0.05) is 42.5 Å². The number of carbonyl (C=O) groups excluding carboxylic acids is 1. The SMILES string of the molecule is CC1CCCN1CCc1ccc(-c2ccc3c(c2)CCN(C(=O)CCC(C)(C)C(=O)O)C3)cc1. The Morgan fingerprint density at radius 1 is 1.03 bits per heavy atom. The van der Waals surface area contributed by atoms with E-state index in [1.807, 2.05) is 4.90 Å². The van der Waals surface area contributed by atoms with Crippen LogP contribution < -0.4 is 0 Å². The number of carboxylic acid groups (broad SMARTS) is 1. The molecule has 0 radical (unpaired) electrons. The molecule has 5 heteroatoms. The first-order valence-corrected chi connectivity index (χ1v) is 12.7. The largest absolute Gasteiger partial charge is 0.481 e. The average Bonchev–Trinajstić information content (AvgIpc) is 3.25. The molecule has 2 aromatic carbocycles. The summed E-state index contributed by atoms with van der Waals surface area (Å²) in [5.41, 5.74) is 5.47. The first-order valence-electron chi connectivity index (χ1n) is 12.7. The third-order valence-electron chi connectivity index (χ3n) is 7.78. The fraction of sp³-hybridized carbons (Fsp3) is 0.517. The third kappa shape index (κ3) is 5.69. The predicted octanol–water partition coefficient (Wildman–Crippen LogP) is 5.16. The summed E-state index contributed by atoms with van der Waals surface area (Å²) in [5, 5.41) is 9.28. The summed E-state index contributed by atoms with van der Waals surface area (Å²) in [6, 6.07) is 16.3. The number of hydrogen-bond donors (Lipinski definition) is 1. The van der Waals surface area contributed by atoms with Gasteiger partial charge in [-0.2, -0.15) is 0 Å². The van der Waals surface area contributed by atoms with Crippen molar-refractivity contribution < 1.29 is 14.7 Å². The van der Waals surface area contributed by atoms with Gasteiger partial charge in [-0.3, -0.25) is 9.59 Å². The Kier molecular flexibility index (Phi) is 7.42. The van der Waals surface area contributed by atoms with Crippen LogP contribution >= 0.6 is 0 Å². The predicted molar refractivity (Wildman–Crippen MR) is 136 cm³/mol. The van der Waals surface area contributed by atoms with E-state index >= 15 is 0 Å². The number of hydrogen-bond acceptors (Lipinski definition) is 3. The van der Waals surface area contributed by atoms with Crippen LogP contribution in [0.25, 0.3) is 11.1 Å². The summed E-state index contributed by atoms with van der Waals surface area (Å²) >= 11 is 0. The monoisotopic (exact) mass is 462 g/mol. The number of fused-ring (bicyclic) bond motifs is 1. The number of carboxylic acids is 1. The second-order valence-electron chi connectivity index (χ2n) is 10.7. The molecule has 1 unspecified atom stereocenters. The van der Waals surface area contributed by atoms with Crippen LogP contribution in [-0.2, 0) is 29.0 Å². The van der Waals surface area contributed by atoms with E-state index in [9.17, 15) is 14.7 Å². The molecule has 182 valence electrons. The van der Waals surface area contributed by atoms with Gasteiger partial charge in [0, 0.05) is 32.1 Å². The van der Waals surface area contributed by atoms with E-state index in [1.165, 1.54) is 47.2 Å². The van der Waals surface area contributed by atoms with Gasteiger partial charge >= 0.3 is 5.97 Å². The molecule has 2 aliphatic rings. The molecule has 1 amide bonds. The van der Waals surface area contributed by atoms with Crippen LogP contribution in [0.1, 0.15) is 63.1 Å². The quantitative estimate of drug-likeness (QED) is 0.589. The minimum atomic E-state index is -0.875. The lowest BCUT2D eigenvalue weighted by atomic mass is 9.87. The fourth-order valence-corrected chi connectivity index (χ4v) is 5.09. The summed E-state index contributed by atoms with van der Waals surface area (Å²) < 4.78 is 0. The highest BCUT2D eigenvalue weighted by Gasteiger charge is 2.29. The van der Waals surface area contributed by atoms with E-state index in [1.54, 1.807) is 13.8 Å². The molecule has 0 aliphatic carbocycles. The molecule has 1 fully saturated rings. The molecule has 0 saturated carbocycles. The van der Waals surface area contributed by atoms with Crippen LogP contribution in [-0.4, -0.2) is 52.5 Å². The lowest BCUT2D eigenvalue weighted by molar-refractivity contribution is -0.147. The van der Waals surface area contributed by atoms with Gasteiger partial charge in [-0.05, 0) is 87.2 Å². The first-order chi connectivity index (χ1) is 16.2. The molecule has 1 atom stereocenters. The van der Waals surface area contributed by atoms with Crippen molar-refractivity contribution in [2.75, 3.05) is 19.6 Å². The molecule has 2 heterocycles. The summed E-state index contributed by atoms with van der Waals surface area (Å²) in [4.78, 5) is 28.5. The Morgan fingerprint density at radius 3 is 2.44 bits per heavy atom. The Balaban J connectivity index is 1.34. The summed E-state index contributed by atoms with van der Waals surface area (Å²) in [7, 11) is 0. The first kappa shape index (κ1) is 24.5. The van der Waals surface area contributed by atoms with E-state index in [0.717, 1.165) is 25.4 Å². The average molecular weight is 463 g/mol. The number of carbonyl (C=O) groups is 2. The molecular weight excluding hydrogens is 424 g/mol. The highest BCUT2D eigenvalue weighted by atomic mass is 16.4. The van der Waals surface area contributed by atoms with Gasteiger partial charge in [-0.25, -0.2) is 0 Å². The zero-order chi connectivity index (χ0) is 24.3. The molecule has 0 aromatic heterocycles. The Bertz CT molecular complexity index is 1030. The van der Waals surface area contributed by atoms with Crippen LogP contribution in [0.2, 0.25) is 0 Å². The van der Waals surface area contributed by atoms with Crippen molar-refractivity contribution in [1.82, 2.24) is 9.80 Å². The standard InChI is InChI=1S/C29H38N2O3/c1-21-5-4-16-30(21)17-13-22-6-8-23(9-7-22)24-10-11-26-20-31(18-14-25(26)19-24)27(32)12-15-29(2,3)28(33)34/h6-11,19,21H,4-5,12-18,20H2,1-3H3,(H,33,34). The van der Waals surface area contributed by atoms with E-state index in [2.05, 4.69) is 54.3 Å². The van der Waals surface area contributed by atoms with Crippen molar-refractivity contribution in [2.45, 2.75) is 71.9 Å². The van der Waals surface area contributed by atoms with Crippen LogP contribution in [0.3, 0.4) is 0 Å². The lowest BCUT2D eigenvalue weighted by Gasteiger charge is -2.30. The van der Waals surface area contributed by atoms with Crippen molar-refractivity contribution in [2.24, 2.45) is 5.41 Å². The summed E-state index contributed by atoms with van der Waals surface area (Å²) in [6.07, 6.45) is 5.22. The van der Waals surface area contributed by atoms with E-state index in [0.29, 0.717) is 19.5 Å². The van der Waals surface area contributed by atoms with Crippen molar-refractivity contribution in [3.8, 4) is 11.1 Å². The smallest absolute Gasteiger partial charge is 0.309 e. The topological polar surface area (TPSA) is 60.9 Å². The molecule has 1 N–H and O–H groups in total. The van der Waals surface area contributed by atoms with E-state index < -0.39 is 11.4 Å². The van der Waals surface area contributed by atoms with Crippen LogP contribution in [0.5, 0.6) is 0 Å². The second-order valence-corrected chi connectivity index (χ2v) is 10.7. The van der Waals surface area contributed by atoms with E-state index in [-0.39, 0.29) is 12.3 Å². The third-order valence-corrected chi connectivity index (χ3v) is 7.78. The Morgan fingerprint density at radius 2 is 1.76 bits per heavy atom. The normalized spacial score (nSPS) is 18.7. The van der Waals surface area contributed by atoms with Crippen LogP contribution in [0.15, 0.2) is 42.5 Å². The zero-order valence-corrected chi connectivity index (χ0v) is 20.8. The minimum Gasteiger partial charge on any atom is -0.481 e. The van der Waals surface area contributed by atoms with Gasteiger partial charge in [-0.15, -0.1) is 0 Å². The molecule has 1 saturated heterocycles. The second kappa shape index (κ2) is 10.3. The Hall–Kier alpha value is -2.66. The maximum absolute atomic E-state index is 12.7. The number of rotatable bonds is 8. The molecule has 0 spiro atoms. The molecular formula is C29H38N2O3. The molecule has 34 heavy (non-hydrogen) atoms. The highest BCUT2D eigenvalue weighted by Crippen LogP contribution is 2.28. The Labute approximate surface area is 203 Å². The van der Waals surface area contributed by atoms with Gasteiger partial charge in [0.2, 0.25) is 5.91 Å². The maximum Gasteiger partial charge on any atom is 0.309 e. The van der Waals surface area contributed by atoms with Gasteiger partial charge in [0.25, 0.3) is 0 Å². The maximum atomic E-state index is 12.7. The number of likely N-dealkylation sites (tertiary alicyclic amines) is 1. The summed E-state index contributed by atoms with van der Waals surface area (Å²) in [5.74, 6) is -0.811. The van der Waals surface area contributed by atoms with Gasteiger partial charge in [0.1, 0.15) is 0 Å².